The van der Waals surface area contributed by atoms with E-state index >= 15 is 0 Å². The van der Waals surface area contributed by atoms with Gasteiger partial charge in [-0.2, -0.15) is 0 Å². The third-order valence-electron chi connectivity index (χ3n) is 10.6. The van der Waals surface area contributed by atoms with Gasteiger partial charge in [0.25, 0.3) is 5.91 Å². The Morgan fingerprint density at radius 2 is 1.55 bits per heavy atom. The van der Waals surface area contributed by atoms with E-state index < -0.39 is 17.7 Å². The lowest BCUT2D eigenvalue weighted by molar-refractivity contribution is -0.123. The van der Waals surface area contributed by atoms with Crippen LogP contribution in [-0.2, 0) is 35.6 Å². The Kier molecular flexibility index (Phi) is 12.7. The van der Waals surface area contributed by atoms with E-state index in [4.69, 9.17) is 4.74 Å². The summed E-state index contributed by atoms with van der Waals surface area (Å²) in [7, 11) is 0. The van der Waals surface area contributed by atoms with Gasteiger partial charge in [0, 0.05) is 30.5 Å². The van der Waals surface area contributed by atoms with E-state index in [1.54, 1.807) is 17.2 Å². The topological polar surface area (TPSA) is 126 Å². The average molecular weight is 777 g/mol. The summed E-state index contributed by atoms with van der Waals surface area (Å²) < 4.78 is 5.79. The molecule has 58 heavy (non-hydrogen) atoms. The van der Waals surface area contributed by atoms with Gasteiger partial charge in [0.1, 0.15) is 11.6 Å². The first-order valence-electron chi connectivity index (χ1n) is 20.2. The number of pyridine rings is 2. The highest BCUT2D eigenvalue weighted by Crippen LogP contribution is 2.28. The number of aromatic nitrogens is 2. The first-order valence-corrected chi connectivity index (χ1v) is 20.2. The van der Waals surface area contributed by atoms with Crippen LogP contribution in [0.4, 0.5) is 4.79 Å². The number of benzene rings is 4. The molecule has 3 N–H and O–H groups in total. The molecule has 10 heteroatoms. The number of carbonyl (C=O) groups excluding carboxylic acids is 3. The van der Waals surface area contributed by atoms with Crippen molar-refractivity contribution >= 4 is 39.5 Å². The Bertz CT molecular complexity index is 2370. The number of ether oxygens (including phenoxy) is 1. The van der Waals surface area contributed by atoms with Gasteiger partial charge in [-0.15, -0.1) is 0 Å². The molecule has 7 rings (SSSR count). The van der Waals surface area contributed by atoms with Crippen molar-refractivity contribution in [2.45, 2.75) is 90.2 Å². The number of carbonyl (C=O) groups is 3. The summed E-state index contributed by atoms with van der Waals surface area (Å²) in [6.07, 6.45) is 7.35. The van der Waals surface area contributed by atoms with Gasteiger partial charge in [-0.1, -0.05) is 84.9 Å². The molecule has 0 aliphatic heterocycles. The number of fused-ring (bicyclic) bond motifs is 3. The first-order chi connectivity index (χ1) is 28.1. The molecule has 10 nitrogen and oxygen atoms in total. The smallest absolute Gasteiger partial charge is 0.410 e. The van der Waals surface area contributed by atoms with E-state index in [0.29, 0.717) is 31.5 Å². The van der Waals surface area contributed by atoms with Crippen molar-refractivity contribution in [3.8, 4) is 0 Å². The zero-order chi connectivity index (χ0) is 40.5. The maximum atomic E-state index is 14.3. The molecule has 1 aliphatic carbocycles. The van der Waals surface area contributed by atoms with Crippen LogP contribution in [0.3, 0.4) is 0 Å². The molecule has 2 atom stereocenters. The zero-order valence-electron chi connectivity index (χ0n) is 33.5. The Morgan fingerprint density at radius 1 is 0.793 bits per heavy atom. The van der Waals surface area contributed by atoms with E-state index in [2.05, 4.69) is 50.2 Å². The van der Waals surface area contributed by atoms with E-state index in [0.717, 1.165) is 63.3 Å². The molecule has 0 saturated carbocycles. The van der Waals surface area contributed by atoms with Gasteiger partial charge in [-0.3, -0.25) is 24.5 Å². The second-order valence-corrected chi connectivity index (χ2v) is 15.9. The summed E-state index contributed by atoms with van der Waals surface area (Å²) in [6, 6.07) is 34.6. The van der Waals surface area contributed by atoms with Crippen LogP contribution in [0.25, 0.3) is 21.5 Å². The molecule has 0 saturated heterocycles. The number of nitrogens with zero attached hydrogens (tertiary/aromatic N) is 3. The quantitative estimate of drug-likeness (QED) is 0.0947. The lowest BCUT2D eigenvalue weighted by Crippen LogP contribution is -2.47. The molecule has 6 aromatic rings. The largest absolute Gasteiger partial charge is 0.444 e. The molecular formula is C48H52N6O4. The molecule has 0 spiro atoms. The highest BCUT2D eigenvalue weighted by Gasteiger charge is 2.27. The summed E-state index contributed by atoms with van der Waals surface area (Å²) in [5.41, 5.74) is 4.74. The van der Waals surface area contributed by atoms with Gasteiger partial charge in [0.2, 0.25) is 5.91 Å². The average Bonchev–Trinajstić information content (AvgIpc) is 3.23. The van der Waals surface area contributed by atoms with E-state index in [1.165, 1.54) is 5.56 Å². The predicted molar refractivity (Wildman–Crippen MR) is 228 cm³/mol. The summed E-state index contributed by atoms with van der Waals surface area (Å²) in [6.45, 7) is 7.02. The summed E-state index contributed by atoms with van der Waals surface area (Å²) in [5, 5.41) is 13.6. The second-order valence-electron chi connectivity index (χ2n) is 15.9. The van der Waals surface area contributed by atoms with Gasteiger partial charge < -0.3 is 20.7 Å². The van der Waals surface area contributed by atoms with Crippen LogP contribution in [0.15, 0.2) is 122 Å². The monoisotopic (exact) mass is 776 g/mol. The molecule has 0 radical (unpaired) electrons. The van der Waals surface area contributed by atoms with Gasteiger partial charge in [0.15, 0.2) is 0 Å². The molecule has 2 heterocycles. The molecule has 0 bridgehead atoms. The second kappa shape index (κ2) is 18.4. The fourth-order valence-electron chi connectivity index (χ4n) is 7.75. The highest BCUT2D eigenvalue weighted by molar-refractivity contribution is 6.09. The third-order valence-corrected chi connectivity index (χ3v) is 10.6. The van der Waals surface area contributed by atoms with Crippen LogP contribution in [-0.4, -0.2) is 51.0 Å². The Hall–Kier alpha value is -6.13. The number of amides is 3. The van der Waals surface area contributed by atoms with E-state index in [-0.39, 0.29) is 30.9 Å². The number of nitrogens with one attached hydrogen (secondary N) is 3. The summed E-state index contributed by atoms with van der Waals surface area (Å²) >= 11 is 0. The lowest BCUT2D eigenvalue weighted by Gasteiger charge is -2.28. The van der Waals surface area contributed by atoms with Crippen molar-refractivity contribution in [1.29, 1.82) is 0 Å². The van der Waals surface area contributed by atoms with Crippen LogP contribution in [0.1, 0.15) is 90.9 Å². The third kappa shape index (κ3) is 10.0. The summed E-state index contributed by atoms with van der Waals surface area (Å²) in [4.78, 5) is 52.5. The van der Waals surface area contributed by atoms with Gasteiger partial charge in [-0.25, -0.2) is 4.79 Å². The molecule has 2 aromatic heterocycles. The van der Waals surface area contributed by atoms with Crippen LogP contribution in [0.5, 0.6) is 0 Å². The maximum Gasteiger partial charge on any atom is 0.410 e. The molecule has 0 fully saturated rings. The minimum absolute atomic E-state index is 0.165. The maximum absolute atomic E-state index is 14.3. The Labute approximate surface area is 340 Å². The predicted octanol–water partition coefficient (Wildman–Crippen LogP) is 8.58. The molecule has 0 unspecified atom stereocenters. The molecule has 1 aliphatic rings. The zero-order valence-corrected chi connectivity index (χ0v) is 33.5. The lowest BCUT2D eigenvalue weighted by atomic mass is 9.92. The molecule has 4 aromatic carbocycles. The fourth-order valence-corrected chi connectivity index (χ4v) is 7.75. The minimum atomic E-state index is -0.777. The van der Waals surface area contributed by atoms with Gasteiger partial charge in [0.05, 0.1) is 24.5 Å². The van der Waals surface area contributed by atoms with Crippen molar-refractivity contribution in [2.24, 2.45) is 0 Å². The standard InChI is InChI=1S/C48H52N6O4/c1-48(2,3)58-47(57)54(32-37-19-8-9-27-49-37)31-36-25-26-41(40-22-7-6-21-39(36)40)45(55)53-43(24-13-28-50-42-23-11-16-34-18-12-29-51-44(34)42)46(56)52-30-35-17-10-15-33-14-4-5-20-38(33)35/h4-10,12,14-15,17-22,25-27,29,42-43,50H,11,13,16,23-24,28,30-32H2,1-3H3,(H,52,56)(H,53,55)/t42-,43-/m0/s1. The SMILES string of the molecule is CC(C)(C)OC(=O)N(Cc1ccccn1)Cc1ccc(C(=O)N[C@@H](CCCN[C@H]2CCCc3cccnc32)C(=O)NCc2cccc3ccccc23)c2ccccc12. The van der Waals surface area contributed by atoms with Gasteiger partial charge >= 0.3 is 6.09 Å². The van der Waals surface area contributed by atoms with E-state index in [9.17, 15) is 14.4 Å². The van der Waals surface area contributed by atoms with Crippen molar-refractivity contribution in [2.75, 3.05) is 6.54 Å². The Morgan fingerprint density at radius 3 is 2.36 bits per heavy atom. The van der Waals surface area contributed by atoms with Crippen molar-refractivity contribution in [3.05, 3.63) is 155 Å². The highest BCUT2D eigenvalue weighted by atomic mass is 16.6. The summed E-state index contributed by atoms with van der Waals surface area (Å²) in [5.74, 6) is -0.585. The van der Waals surface area contributed by atoms with Crippen LogP contribution < -0.4 is 16.0 Å². The minimum Gasteiger partial charge on any atom is -0.444 e. The number of hydrogen-bond donors (Lipinski definition) is 3. The van der Waals surface area contributed by atoms with Crippen LogP contribution in [0.2, 0.25) is 0 Å². The normalized spacial score (nSPS) is 14.4. The van der Waals surface area contributed by atoms with Crippen LogP contribution >= 0.6 is 0 Å². The number of aryl methyl sites for hydroxylation is 1. The number of hydrogen-bond acceptors (Lipinski definition) is 7. The molecule has 298 valence electrons. The first kappa shape index (κ1) is 40.1. The van der Waals surface area contributed by atoms with Crippen LogP contribution in [0, 0.1) is 0 Å². The molecule has 3 amide bonds. The molecular weight excluding hydrogens is 725 g/mol. The fraction of sp³-hybridized carbons (Fsp3) is 0.312. The van der Waals surface area contributed by atoms with Crippen molar-refractivity contribution in [1.82, 2.24) is 30.8 Å². The number of rotatable bonds is 14. The van der Waals surface area contributed by atoms with Crippen molar-refractivity contribution in [3.63, 3.8) is 0 Å². The van der Waals surface area contributed by atoms with E-state index in [1.807, 2.05) is 106 Å². The Balaban J connectivity index is 1.10. The van der Waals surface area contributed by atoms with Crippen molar-refractivity contribution < 1.29 is 19.1 Å². The van der Waals surface area contributed by atoms with Gasteiger partial charge in [-0.05, 0) is 122 Å².